The molecule has 3 heteroatoms. The van der Waals surface area contributed by atoms with Gasteiger partial charge < -0.3 is 10.2 Å². The van der Waals surface area contributed by atoms with Gasteiger partial charge in [0, 0.05) is 5.92 Å². The number of rotatable bonds is 2. The van der Waals surface area contributed by atoms with Gasteiger partial charge in [-0.1, -0.05) is 20.3 Å². The zero-order valence-electron chi connectivity index (χ0n) is 8.92. The average Bonchev–Trinajstić information content (AvgIpc) is 2.70. The van der Waals surface area contributed by atoms with Crippen LogP contribution in [0.25, 0.3) is 0 Å². The molecule has 1 saturated carbocycles. The van der Waals surface area contributed by atoms with Crippen LogP contribution in [0.2, 0.25) is 0 Å². The maximum atomic E-state index is 5.62. The van der Waals surface area contributed by atoms with Crippen molar-refractivity contribution in [1.29, 1.82) is 0 Å². The summed E-state index contributed by atoms with van der Waals surface area (Å²) in [5.74, 6) is 2.20. The van der Waals surface area contributed by atoms with Crippen LogP contribution in [-0.2, 0) is 6.54 Å². The highest BCUT2D eigenvalue weighted by Gasteiger charge is 2.37. The number of nitrogens with two attached hydrogens (primary N) is 1. The molecule has 78 valence electrons. The first-order valence-electron chi connectivity index (χ1n) is 5.28. The Kier molecular flexibility index (Phi) is 2.35. The van der Waals surface area contributed by atoms with E-state index in [4.69, 9.17) is 10.2 Å². The Balaban J connectivity index is 2.22. The van der Waals surface area contributed by atoms with Crippen LogP contribution >= 0.6 is 0 Å². The lowest BCUT2D eigenvalue weighted by Gasteiger charge is -2.24. The third-order valence-corrected chi connectivity index (χ3v) is 3.35. The van der Waals surface area contributed by atoms with Gasteiger partial charge in [0.15, 0.2) is 0 Å². The highest BCUT2D eigenvalue weighted by molar-refractivity contribution is 5.09. The lowest BCUT2D eigenvalue weighted by atomic mass is 9.81. The summed E-state index contributed by atoms with van der Waals surface area (Å²) in [6, 6.07) is 0. The largest absolute Gasteiger partial charge is 0.444 e. The normalized spacial score (nSPS) is 25.5. The zero-order valence-corrected chi connectivity index (χ0v) is 8.92. The van der Waals surface area contributed by atoms with Crippen LogP contribution in [0.3, 0.4) is 0 Å². The summed E-state index contributed by atoms with van der Waals surface area (Å²) in [6.07, 6.45) is 5.62. The Morgan fingerprint density at radius 1 is 1.64 bits per heavy atom. The van der Waals surface area contributed by atoms with E-state index in [9.17, 15) is 0 Å². The van der Waals surface area contributed by atoms with Crippen LogP contribution < -0.4 is 5.73 Å². The monoisotopic (exact) mass is 194 g/mol. The standard InChI is InChI=1S/C11H18N2O/c1-11(2)5-3-4-8(11)9-7-13-10(6-12)14-9/h7-8H,3-6,12H2,1-2H3. The van der Waals surface area contributed by atoms with Gasteiger partial charge in [0.25, 0.3) is 0 Å². The molecule has 0 aliphatic heterocycles. The van der Waals surface area contributed by atoms with Crippen LogP contribution in [0.5, 0.6) is 0 Å². The minimum atomic E-state index is 0.353. The average molecular weight is 194 g/mol. The molecule has 0 radical (unpaired) electrons. The van der Waals surface area contributed by atoms with E-state index in [1.165, 1.54) is 19.3 Å². The predicted octanol–water partition coefficient (Wildman–Crippen LogP) is 2.43. The molecule has 3 nitrogen and oxygen atoms in total. The van der Waals surface area contributed by atoms with E-state index in [-0.39, 0.29) is 0 Å². The molecule has 1 aromatic rings. The summed E-state index contributed by atoms with van der Waals surface area (Å²) in [5, 5.41) is 0. The van der Waals surface area contributed by atoms with Crippen LogP contribution in [0.15, 0.2) is 10.6 Å². The Labute approximate surface area is 84.7 Å². The SMILES string of the molecule is CC1(C)CCCC1c1cnc(CN)o1. The van der Waals surface area contributed by atoms with Crippen molar-refractivity contribution < 1.29 is 4.42 Å². The van der Waals surface area contributed by atoms with Gasteiger partial charge in [-0.25, -0.2) is 4.98 Å². The van der Waals surface area contributed by atoms with Gasteiger partial charge in [0.2, 0.25) is 5.89 Å². The van der Waals surface area contributed by atoms with Gasteiger partial charge in [-0.15, -0.1) is 0 Å². The van der Waals surface area contributed by atoms with Crippen LogP contribution in [0, 0.1) is 5.41 Å². The molecule has 2 rings (SSSR count). The van der Waals surface area contributed by atoms with E-state index in [1.807, 2.05) is 6.20 Å². The molecule has 0 bridgehead atoms. The Bertz CT molecular complexity index is 317. The van der Waals surface area contributed by atoms with Gasteiger partial charge in [-0.3, -0.25) is 0 Å². The number of oxazole rings is 1. The molecule has 0 aromatic carbocycles. The minimum absolute atomic E-state index is 0.353. The van der Waals surface area contributed by atoms with Crippen molar-refractivity contribution in [2.45, 2.75) is 45.6 Å². The first-order chi connectivity index (χ1) is 6.63. The summed E-state index contributed by atoms with van der Waals surface area (Å²) >= 11 is 0. The molecule has 1 aliphatic carbocycles. The van der Waals surface area contributed by atoms with Crippen LogP contribution in [0.4, 0.5) is 0 Å². The second-order valence-corrected chi connectivity index (χ2v) is 4.79. The summed E-state index contributed by atoms with van der Waals surface area (Å²) in [4.78, 5) is 4.15. The fourth-order valence-electron chi connectivity index (χ4n) is 2.43. The second kappa shape index (κ2) is 3.39. The van der Waals surface area contributed by atoms with Gasteiger partial charge in [0.05, 0.1) is 12.7 Å². The predicted molar refractivity (Wildman–Crippen MR) is 54.8 cm³/mol. The van der Waals surface area contributed by atoms with Gasteiger partial charge >= 0.3 is 0 Å². The summed E-state index contributed by atoms with van der Waals surface area (Å²) < 4.78 is 5.62. The van der Waals surface area contributed by atoms with E-state index in [2.05, 4.69) is 18.8 Å². The Morgan fingerprint density at radius 2 is 2.43 bits per heavy atom. The van der Waals surface area contributed by atoms with E-state index < -0.39 is 0 Å². The fraction of sp³-hybridized carbons (Fsp3) is 0.727. The molecule has 0 saturated heterocycles. The number of nitrogens with zero attached hydrogens (tertiary/aromatic N) is 1. The molecule has 2 N–H and O–H groups in total. The third kappa shape index (κ3) is 1.57. The van der Waals surface area contributed by atoms with Crippen LogP contribution in [-0.4, -0.2) is 4.98 Å². The van der Waals surface area contributed by atoms with Crippen molar-refractivity contribution in [2.75, 3.05) is 0 Å². The van der Waals surface area contributed by atoms with Crippen molar-refractivity contribution >= 4 is 0 Å². The third-order valence-electron chi connectivity index (χ3n) is 3.35. The number of hydrogen-bond donors (Lipinski definition) is 1. The van der Waals surface area contributed by atoms with Gasteiger partial charge in [-0.2, -0.15) is 0 Å². The Hall–Kier alpha value is -0.830. The fourth-order valence-corrected chi connectivity index (χ4v) is 2.43. The lowest BCUT2D eigenvalue weighted by Crippen LogP contribution is -2.14. The minimum Gasteiger partial charge on any atom is -0.444 e. The van der Waals surface area contributed by atoms with Crippen molar-refractivity contribution in [3.63, 3.8) is 0 Å². The zero-order chi connectivity index (χ0) is 10.2. The maximum absolute atomic E-state index is 5.62. The summed E-state index contributed by atoms with van der Waals surface area (Å²) in [5.41, 5.74) is 5.83. The highest BCUT2D eigenvalue weighted by atomic mass is 16.4. The number of aromatic nitrogens is 1. The first-order valence-corrected chi connectivity index (χ1v) is 5.28. The molecule has 0 spiro atoms. The highest BCUT2D eigenvalue weighted by Crippen LogP contribution is 2.48. The van der Waals surface area contributed by atoms with Crippen molar-refractivity contribution in [2.24, 2.45) is 11.1 Å². The van der Waals surface area contributed by atoms with Gasteiger partial charge in [0.1, 0.15) is 5.76 Å². The van der Waals surface area contributed by atoms with Gasteiger partial charge in [-0.05, 0) is 18.3 Å². The van der Waals surface area contributed by atoms with E-state index in [0.29, 0.717) is 23.8 Å². The molecule has 1 aromatic heterocycles. The molecule has 1 aliphatic rings. The molecule has 0 amide bonds. The molecule has 14 heavy (non-hydrogen) atoms. The van der Waals surface area contributed by atoms with Crippen molar-refractivity contribution in [1.82, 2.24) is 4.98 Å². The lowest BCUT2D eigenvalue weighted by molar-refractivity contribution is 0.288. The molecular weight excluding hydrogens is 176 g/mol. The molecule has 1 heterocycles. The Morgan fingerprint density at radius 3 is 2.93 bits per heavy atom. The second-order valence-electron chi connectivity index (χ2n) is 4.79. The molecular formula is C11H18N2O. The quantitative estimate of drug-likeness (QED) is 0.786. The van der Waals surface area contributed by atoms with Crippen LogP contribution in [0.1, 0.15) is 50.7 Å². The van der Waals surface area contributed by atoms with E-state index >= 15 is 0 Å². The summed E-state index contributed by atoms with van der Waals surface area (Å²) in [6.45, 7) is 5.00. The van der Waals surface area contributed by atoms with E-state index in [0.717, 1.165) is 5.76 Å². The first kappa shape index (κ1) is 9.71. The smallest absolute Gasteiger partial charge is 0.208 e. The van der Waals surface area contributed by atoms with E-state index in [1.54, 1.807) is 0 Å². The summed E-state index contributed by atoms with van der Waals surface area (Å²) in [7, 11) is 0. The maximum Gasteiger partial charge on any atom is 0.208 e. The van der Waals surface area contributed by atoms with Crippen molar-refractivity contribution in [3.8, 4) is 0 Å². The molecule has 1 fully saturated rings. The van der Waals surface area contributed by atoms with Crippen molar-refractivity contribution in [3.05, 3.63) is 17.8 Å². The molecule has 1 atom stereocenters. The topological polar surface area (TPSA) is 52.0 Å². The number of hydrogen-bond acceptors (Lipinski definition) is 3. The molecule has 1 unspecified atom stereocenters.